The second-order valence-electron chi connectivity index (χ2n) is 9.00. The minimum atomic E-state index is -4.20. The van der Waals surface area contributed by atoms with E-state index in [1.54, 1.807) is 30.3 Å². The molecule has 0 aliphatic heterocycles. The van der Waals surface area contributed by atoms with Crippen LogP contribution >= 0.6 is 0 Å². The number of amides is 1. The highest BCUT2D eigenvalue weighted by Crippen LogP contribution is 2.22. The fourth-order valence-corrected chi connectivity index (χ4v) is 5.67. The van der Waals surface area contributed by atoms with Gasteiger partial charge in [0.05, 0.1) is 15.8 Å². The first-order valence-electron chi connectivity index (χ1n) is 11.9. The van der Waals surface area contributed by atoms with E-state index in [4.69, 9.17) is 0 Å². The van der Waals surface area contributed by atoms with Gasteiger partial charge in [-0.25, -0.2) is 13.2 Å². The van der Waals surface area contributed by atoms with Gasteiger partial charge in [0.15, 0.2) is 0 Å². The average molecular weight is 511 g/mol. The zero-order chi connectivity index (χ0) is 25.9. The summed E-state index contributed by atoms with van der Waals surface area (Å²) in [4.78, 5) is 37.8. The lowest BCUT2D eigenvalue weighted by Gasteiger charge is -2.20. The van der Waals surface area contributed by atoms with Crippen LogP contribution in [0, 0.1) is 0 Å². The number of sulfonamides is 1. The molecule has 0 spiro atoms. The molecule has 1 aliphatic carbocycles. The molecule has 190 valence electrons. The molecule has 0 fully saturated rings. The number of carbonyl (C=O) groups excluding carboxylic acids is 1. The van der Waals surface area contributed by atoms with Crippen LogP contribution in [0.1, 0.15) is 43.7 Å². The van der Waals surface area contributed by atoms with Crippen molar-refractivity contribution in [2.75, 3.05) is 6.54 Å². The lowest BCUT2D eigenvalue weighted by molar-refractivity contribution is -0.122. The van der Waals surface area contributed by atoms with Gasteiger partial charge in [0, 0.05) is 20.6 Å². The highest BCUT2D eigenvalue weighted by atomic mass is 32.2. The summed E-state index contributed by atoms with van der Waals surface area (Å²) < 4.78 is 31.4. The first kappa shape index (κ1) is 25.6. The molecule has 2 N–H and O–H groups in total. The number of allylic oxidation sites excluding steroid dienone is 1. The molecule has 9 nitrogen and oxygen atoms in total. The van der Waals surface area contributed by atoms with Gasteiger partial charge in [0.1, 0.15) is 6.04 Å². The number of benzene rings is 2. The number of hydrogen-bond donors (Lipinski definition) is 2. The fraction of sp³-hybridized carbons (Fsp3) is 0.346. The Morgan fingerprint density at radius 3 is 2.47 bits per heavy atom. The molecule has 4 rings (SSSR count). The molecular formula is C26H30N4O5S. The smallest absolute Gasteiger partial charge is 0.330 e. The summed E-state index contributed by atoms with van der Waals surface area (Å²) in [6.45, 7) is 0.412. The number of carbonyl (C=O) groups is 1. The largest absolute Gasteiger partial charge is 0.354 e. The van der Waals surface area contributed by atoms with Crippen molar-refractivity contribution in [2.45, 2.75) is 43.0 Å². The van der Waals surface area contributed by atoms with Crippen LogP contribution in [-0.4, -0.2) is 30.0 Å². The van der Waals surface area contributed by atoms with Crippen LogP contribution < -0.4 is 21.3 Å². The normalized spacial score (nSPS) is 14.9. The molecule has 1 amide bonds. The lowest BCUT2D eigenvalue weighted by atomic mass is 9.97. The number of nitrogens with one attached hydrogen (secondary N) is 2. The molecule has 0 unspecified atom stereocenters. The van der Waals surface area contributed by atoms with Crippen LogP contribution in [0.4, 0.5) is 0 Å². The number of nitrogens with zero attached hydrogens (tertiary/aromatic N) is 2. The molecular weight excluding hydrogens is 480 g/mol. The van der Waals surface area contributed by atoms with Gasteiger partial charge in [0.25, 0.3) is 5.56 Å². The minimum absolute atomic E-state index is 0.0870. The zero-order valence-electron chi connectivity index (χ0n) is 20.4. The number of aromatic nitrogens is 2. The van der Waals surface area contributed by atoms with E-state index in [2.05, 4.69) is 16.1 Å². The maximum absolute atomic E-state index is 13.4. The van der Waals surface area contributed by atoms with Gasteiger partial charge >= 0.3 is 5.69 Å². The molecule has 1 heterocycles. The van der Waals surface area contributed by atoms with Crippen LogP contribution in [0.5, 0.6) is 0 Å². The molecule has 1 atom stereocenters. The molecule has 0 saturated heterocycles. The van der Waals surface area contributed by atoms with Gasteiger partial charge in [0.2, 0.25) is 15.9 Å². The number of aryl methyl sites for hydroxylation is 1. The van der Waals surface area contributed by atoms with Crippen LogP contribution in [0.3, 0.4) is 0 Å². The topological polar surface area (TPSA) is 119 Å². The maximum atomic E-state index is 13.4. The van der Waals surface area contributed by atoms with Crippen molar-refractivity contribution in [1.29, 1.82) is 0 Å². The van der Waals surface area contributed by atoms with E-state index < -0.39 is 33.2 Å². The summed E-state index contributed by atoms with van der Waals surface area (Å²) in [6.07, 6.45) is 7.36. The van der Waals surface area contributed by atoms with Crippen molar-refractivity contribution >= 4 is 26.8 Å². The second-order valence-corrected chi connectivity index (χ2v) is 10.7. The highest BCUT2D eigenvalue weighted by Gasteiger charge is 2.28. The quantitative estimate of drug-likeness (QED) is 0.451. The Kier molecular flexibility index (Phi) is 7.56. The number of rotatable bonds is 8. The molecule has 10 heteroatoms. The molecule has 3 aromatic rings. The molecule has 0 bridgehead atoms. The Labute approximate surface area is 209 Å². The van der Waals surface area contributed by atoms with E-state index in [1.165, 1.54) is 48.9 Å². The Hall–Kier alpha value is -3.50. The second kappa shape index (κ2) is 10.6. The van der Waals surface area contributed by atoms with Crippen LogP contribution in [-0.2, 0) is 28.9 Å². The van der Waals surface area contributed by atoms with E-state index in [0.717, 1.165) is 30.3 Å². The van der Waals surface area contributed by atoms with E-state index in [1.807, 2.05) is 0 Å². The Morgan fingerprint density at radius 2 is 1.78 bits per heavy atom. The summed E-state index contributed by atoms with van der Waals surface area (Å²) in [7, 11) is -1.35. The Morgan fingerprint density at radius 1 is 1.03 bits per heavy atom. The number of hydrogen-bond acceptors (Lipinski definition) is 5. The highest BCUT2D eigenvalue weighted by molar-refractivity contribution is 7.89. The minimum Gasteiger partial charge on any atom is -0.354 e. The van der Waals surface area contributed by atoms with Crippen LogP contribution in [0.2, 0.25) is 0 Å². The predicted octanol–water partition coefficient (Wildman–Crippen LogP) is 2.26. The third-order valence-corrected chi connectivity index (χ3v) is 7.97. The maximum Gasteiger partial charge on any atom is 0.330 e. The first-order chi connectivity index (χ1) is 17.2. The Balaban J connectivity index is 1.62. The molecule has 2 aromatic carbocycles. The van der Waals surface area contributed by atoms with E-state index in [-0.39, 0.29) is 10.3 Å². The summed E-state index contributed by atoms with van der Waals surface area (Å²) in [6, 6.07) is 11.4. The summed E-state index contributed by atoms with van der Waals surface area (Å²) in [5, 5.41) is 2.95. The standard InChI is InChI=1S/C26H30N4O5S/c1-29-22-14-13-20(17-21(22)25(32)30(2)26(29)33)36(34,35)28-23(19-11-7-4-8-12-19)24(31)27-16-15-18-9-5-3-6-10-18/h4,7-9,11-14,17,23,28H,3,5-6,10,15-16H2,1-2H3,(H,27,31)/t23-/m0/s1. The fourth-order valence-electron chi connectivity index (χ4n) is 4.46. The summed E-state index contributed by atoms with van der Waals surface area (Å²) in [5.41, 5.74) is 1.02. The van der Waals surface area contributed by atoms with E-state index >= 15 is 0 Å². The van der Waals surface area contributed by atoms with Gasteiger partial charge in [-0.15, -0.1) is 0 Å². The van der Waals surface area contributed by atoms with Crippen molar-refractivity contribution in [3.05, 3.63) is 86.6 Å². The lowest BCUT2D eigenvalue weighted by Crippen LogP contribution is -2.41. The molecule has 1 aromatic heterocycles. The third kappa shape index (κ3) is 5.34. The van der Waals surface area contributed by atoms with E-state index in [0.29, 0.717) is 17.6 Å². The van der Waals surface area contributed by atoms with Crippen LogP contribution in [0.25, 0.3) is 10.9 Å². The van der Waals surface area contributed by atoms with Gasteiger partial charge < -0.3 is 5.32 Å². The Bertz CT molecular complexity index is 1540. The molecule has 0 radical (unpaired) electrons. The van der Waals surface area contributed by atoms with Gasteiger partial charge in [-0.2, -0.15) is 4.72 Å². The summed E-state index contributed by atoms with van der Waals surface area (Å²) >= 11 is 0. The predicted molar refractivity (Wildman–Crippen MR) is 138 cm³/mol. The van der Waals surface area contributed by atoms with Gasteiger partial charge in [-0.05, 0) is 55.9 Å². The molecule has 0 saturated carbocycles. The number of fused-ring (bicyclic) bond motifs is 1. The van der Waals surface area contributed by atoms with Gasteiger partial charge in [-0.1, -0.05) is 42.0 Å². The first-order valence-corrected chi connectivity index (χ1v) is 13.4. The van der Waals surface area contributed by atoms with Crippen molar-refractivity contribution in [3.63, 3.8) is 0 Å². The van der Waals surface area contributed by atoms with Crippen LogP contribution in [0.15, 0.2) is 74.7 Å². The SMILES string of the molecule is Cn1c(=O)c2cc(S(=O)(=O)N[C@H](C(=O)NCCC3=CCCCC3)c3ccccc3)ccc2n(C)c1=O. The van der Waals surface area contributed by atoms with Crippen molar-refractivity contribution in [2.24, 2.45) is 14.1 Å². The monoisotopic (exact) mass is 510 g/mol. The van der Waals surface area contributed by atoms with E-state index in [9.17, 15) is 22.8 Å². The van der Waals surface area contributed by atoms with Crippen molar-refractivity contribution < 1.29 is 13.2 Å². The molecule has 36 heavy (non-hydrogen) atoms. The summed E-state index contributed by atoms with van der Waals surface area (Å²) in [5.74, 6) is -0.458. The van der Waals surface area contributed by atoms with Gasteiger partial charge in [-0.3, -0.25) is 18.7 Å². The average Bonchev–Trinajstić information content (AvgIpc) is 2.90. The zero-order valence-corrected chi connectivity index (χ0v) is 21.2. The van der Waals surface area contributed by atoms with Crippen molar-refractivity contribution in [1.82, 2.24) is 19.2 Å². The van der Waals surface area contributed by atoms with Crippen molar-refractivity contribution in [3.8, 4) is 0 Å². The third-order valence-electron chi connectivity index (χ3n) is 6.55. The molecule has 1 aliphatic rings.